The van der Waals surface area contributed by atoms with Crippen molar-refractivity contribution in [2.75, 3.05) is 12.4 Å². The number of fused-ring (bicyclic) bond motifs is 2. The van der Waals surface area contributed by atoms with Gasteiger partial charge in [0, 0.05) is 23.0 Å². The Morgan fingerprint density at radius 2 is 2.00 bits per heavy atom. The standard InChI is InChI=1S/C20H17F2N3O4/c1-28-18-10(2-3-11(21)17(18)22)15-13-4-5-14(29-13)16(15)20(27)25-9-6-7-24-12(8-9)19(23)26/h2-3,6-8,13-14H,4-5H2,1H3,(H2,23,26)(H,24,25,27)/t13-,14+/m1/s1. The van der Waals surface area contributed by atoms with Crippen LogP contribution < -0.4 is 15.8 Å². The van der Waals surface area contributed by atoms with Crippen LogP contribution in [0, 0.1) is 11.6 Å². The summed E-state index contributed by atoms with van der Waals surface area (Å²) in [5.74, 6) is -3.64. The molecule has 29 heavy (non-hydrogen) atoms. The summed E-state index contributed by atoms with van der Waals surface area (Å²) in [7, 11) is 1.23. The van der Waals surface area contributed by atoms with Crippen molar-refractivity contribution in [3.05, 3.63) is 58.9 Å². The highest BCUT2D eigenvalue weighted by Gasteiger charge is 2.45. The smallest absolute Gasteiger partial charge is 0.267 e. The summed E-state index contributed by atoms with van der Waals surface area (Å²) in [6.07, 6.45) is 1.75. The molecule has 7 nitrogen and oxygen atoms in total. The highest BCUT2D eigenvalue weighted by Crippen LogP contribution is 2.47. The lowest BCUT2D eigenvalue weighted by molar-refractivity contribution is -0.113. The zero-order chi connectivity index (χ0) is 20.7. The van der Waals surface area contributed by atoms with E-state index in [0.29, 0.717) is 29.7 Å². The summed E-state index contributed by atoms with van der Waals surface area (Å²) in [6, 6.07) is 5.23. The van der Waals surface area contributed by atoms with E-state index in [1.54, 1.807) is 0 Å². The molecule has 2 atom stereocenters. The zero-order valence-corrected chi connectivity index (χ0v) is 15.4. The maximum atomic E-state index is 14.2. The minimum atomic E-state index is -1.12. The molecule has 1 fully saturated rings. The fraction of sp³-hybridized carbons (Fsp3) is 0.250. The number of aromatic nitrogens is 1. The van der Waals surface area contributed by atoms with Crippen molar-refractivity contribution in [1.82, 2.24) is 4.98 Å². The number of benzene rings is 1. The van der Waals surface area contributed by atoms with Crippen LogP contribution in [0.25, 0.3) is 5.57 Å². The average molecular weight is 401 g/mol. The lowest BCUT2D eigenvalue weighted by atomic mass is 9.86. The van der Waals surface area contributed by atoms with Crippen LogP contribution in [-0.2, 0) is 9.53 Å². The number of nitrogens with zero attached hydrogens (tertiary/aromatic N) is 1. The number of nitrogens with one attached hydrogen (secondary N) is 1. The van der Waals surface area contributed by atoms with Crippen LogP contribution in [-0.4, -0.2) is 36.1 Å². The third kappa shape index (κ3) is 3.23. The van der Waals surface area contributed by atoms with Crippen LogP contribution in [0.5, 0.6) is 5.75 Å². The quantitative estimate of drug-likeness (QED) is 0.801. The van der Waals surface area contributed by atoms with Gasteiger partial charge in [-0.05, 0) is 37.1 Å². The number of rotatable bonds is 5. The number of halogens is 2. The van der Waals surface area contributed by atoms with Gasteiger partial charge in [-0.3, -0.25) is 14.6 Å². The van der Waals surface area contributed by atoms with Gasteiger partial charge >= 0.3 is 0 Å². The third-order valence-corrected chi connectivity index (χ3v) is 5.01. The first kappa shape index (κ1) is 19.0. The molecule has 2 aromatic rings. The van der Waals surface area contributed by atoms with Gasteiger partial charge in [0.1, 0.15) is 5.69 Å². The molecule has 1 saturated heterocycles. The van der Waals surface area contributed by atoms with Gasteiger partial charge in [-0.1, -0.05) is 0 Å². The Bertz CT molecular complexity index is 1050. The monoisotopic (exact) mass is 401 g/mol. The molecule has 1 aromatic heterocycles. The van der Waals surface area contributed by atoms with Gasteiger partial charge in [-0.15, -0.1) is 0 Å². The molecular formula is C20H17F2N3O4. The summed E-state index contributed by atoms with van der Waals surface area (Å²) < 4.78 is 38.8. The van der Waals surface area contributed by atoms with E-state index in [9.17, 15) is 18.4 Å². The van der Waals surface area contributed by atoms with Crippen LogP contribution in [0.3, 0.4) is 0 Å². The van der Waals surface area contributed by atoms with Crippen molar-refractivity contribution in [3.8, 4) is 5.75 Å². The first-order valence-corrected chi connectivity index (χ1v) is 8.89. The predicted octanol–water partition coefficient (Wildman–Crippen LogP) is 2.42. The number of carbonyl (C=O) groups is 2. The molecule has 2 amide bonds. The minimum absolute atomic E-state index is 0.00321. The van der Waals surface area contributed by atoms with Crippen molar-refractivity contribution in [1.29, 1.82) is 0 Å². The SMILES string of the molecule is COc1c(C2=C(C(=O)Nc3ccnc(C(N)=O)c3)[C@@H]3CC[C@H]2O3)ccc(F)c1F. The van der Waals surface area contributed by atoms with Crippen molar-refractivity contribution >= 4 is 23.1 Å². The van der Waals surface area contributed by atoms with Crippen molar-refractivity contribution < 1.29 is 27.8 Å². The van der Waals surface area contributed by atoms with Gasteiger partial charge in [-0.25, -0.2) is 4.39 Å². The molecule has 0 radical (unpaired) electrons. The van der Waals surface area contributed by atoms with E-state index in [4.69, 9.17) is 15.2 Å². The second-order valence-electron chi connectivity index (χ2n) is 6.71. The number of amides is 2. The maximum absolute atomic E-state index is 14.2. The molecule has 9 heteroatoms. The number of pyridine rings is 1. The number of methoxy groups -OCH3 is 1. The van der Waals surface area contributed by atoms with Crippen LogP contribution in [0.15, 0.2) is 36.0 Å². The van der Waals surface area contributed by atoms with Gasteiger partial charge in [0.05, 0.1) is 24.9 Å². The van der Waals surface area contributed by atoms with Crippen molar-refractivity contribution in [2.45, 2.75) is 25.0 Å². The van der Waals surface area contributed by atoms with E-state index in [-0.39, 0.29) is 17.0 Å². The number of hydrogen-bond donors (Lipinski definition) is 2. The lowest BCUT2D eigenvalue weighted by Gasteiger charge is -2.19. The number of anilines is 1. The van der Waals surface area contributed by atoms with Gasteiger partial charge in [0.2, 0.25) is 5.82 Å². The topological polar surface area (TPSA) is 104 Å². The van der Waals surface area contributed by atoms with Crippen LogP contribution >= 0.6 is 0 Å². The number of carbonyl (C=O) groups excluding carboxylic acids is 2. The molecule has 2 bridgehead atoms. The lowest BCUT2D eigenvalue weighted by Crippen LogP contribution is -2.24. The predicted molar refractivity (Wildman–Crippen MR) is 99.1 cm³/mol. The van der Waals surface area contributed by atoms with E-state index in [1.807, 2.05) is 0 Å². The minimum Gasteiger partial charge on any atom is -0.493 e. The highest BCUT2D eigenvalue weighted by molar-refractivity contribution is 6.11. The first-order valence-electron chi connectivity index (χ1n) is 8.89. The Hall–Kier alpha value is -3.33. The molecule has 0 saturated carbocycles. The maximum Gasteiger partial charge on any atom is 0.267 e. The Balaban J connectivity index is 1.76. The number of hydrogen-bond acceptors (Lipinski definition) is 5. The number of primary amides is 1. The summed E-state index contributed by atoms with van der Waals surface area (Å²) in [4.78, 5) is 28.2. The van der Waals surface area contributed by atoms with Gasteiger partial charge < -0.3 is 20.5 Å². The summed E-state index contributed by atoms with van der Waals surface area (Å²) in [5.41, 5.74) is 6.61. The van der Waals surface area contributed by atoms with Crippen LogP contribution in [0.1, 0.15) is 28.9 Å². The van der Waals surface area contributed by atoms with E-state index in [2.05, 4.69) is 10.3 Å². The molecule has 3 heterocycles. The second-order valence-corrected chi connectivity index (χ2v) is 6.71. The average Bonchev–Trinajstić information content (AvgIpc) is 3.31. The van der Waals surface area contributed by atoms with E-state index < -0.39 is 35.7 Å². The Kier molecular flexibility index (Phi) is 4.75. The summed E-state index contributed by atoms with van der Waals surface area (Å²) in [5, 5.41) is 2.69. The molecule has 0 unspecified atom stereocenters. The Morgan fingerprint density at radius 1 is 1.24 bits per heavy atom. The molecule has 3 N–H and O–H groups in total. The fourth-order valence-corrected chi connectivity index (χ4v) is 3.78. The molecule has 150 valence electrons. The van der Waals surface area contributed by atoms with E-state index in [0.717, 1.165) is 6.07 Å². The molecule has 2 aliphatic heterocycles. The Morgan fingerprint density at radius 3 is 2.72 bits per heavy atom. The van der Waals surface area contributed by atoms with Crippen LogP contribution in [0.2, 0.25) is 0 Å². The first-order chi connectivity index (χ1) is 13.9. The van der Waals surface area contributed by atoms with E-state index in [1.165, 1.54) is 31.5 Å². The van der Waals surface area contributed by atoms with E-state index >= 15 is 0 Å². The molecule has 0 aliphatic carbocycles. The van der Waals surface area contributed by atoms with Crippen molar-refractivity contribution in [2.24, 2.45) is 5.73 Å². The molecule has 4 rings (SSSR count). The largest absolute Gasteiger partial charge is 0.493 e. The summed E-state index contributed by atoms with van der Waals surface area (Å²) in [6.45, 7) is 0. The fourth-order valence-electron chi connectivity index (χ4n) is 3.78. The van der Waals surface area contributed by atoms with Gasteiger partial charge in [0.25, 0.3) is 11.8 Å². The third-order valence-electron chi connectivity index (χ3n) is 5.01. The van der Waals surface area contributed by atoms with Gasteiger partial charge in [-0.2, -0.15) is 4.39 Å². The molecular weight excluding hydrogens is 384 g/mol. The van der Waals surface area contributed by atoms with Gasteiger partial charge in [0.15, 0.2) is 11.6 Å². The zero-order valence-electron chi connectivity index (χ0n) is 15.4. The van der Waals surface area contributed by atoms with Crippen molar-refractivity contribution in [3.63, 3.8) is 0 Å². The van der Waals surface area contributed by atoms with Crippen LogP contribution in [0.4, 0.5) is 14.5 Å². The molecule has 0 spiro atoms. The highest BCUT2D eigenvalue weighted by atomic mass is 19.2. The second kappa shape index (κ2) is 7.25. The Labute approximate surface area is 164 Å². The molecule has 2 aliphatic rings. The normalized spacial score (nSPS) is 20.1. The number of nitrogens with two attached hydrogens (primary N) is 1. The molecule has 1 aromatic carbocycles. The summed E-state index contributed by atoms with van der Waals surface area (Å²) >= 11 is 0. The number of ether oxygens (including phenoxy) is 2.